The van der Waals surface area contributed by atoms with Gasteiger partial charge in [-0.2, -0.15) is 0 Å². The largest absolute Gasteiger partial charge is 1.00 e. The molecule has 0 N–H and O–H groups in total. The van der Waals surface area contributed by atoms with E-state index < -0.39 is 23.2 Å². The summed E-state index contributed by atoms with van der Waals surface area (Å²) in [6, 6.07) is 39.6. The quantitative estimate of drug-likeness (QED) is 0.176. The van der Waals surface area contributed by atoms with Gasteiger partial charge in [-0.05, 0) is 0 Å². The van der Waals surface area contributed by atoms with Crippen molar-refractivity contribution in [1.82, 2.24) is 0 Å². The van der Waals surface area contributed by atoms with Crippen molar-refractivity contribution in [2.75, 3.05) is 0 Å². The maximum absolute atomic E-state index is 2.58. The second kappa shape index (κ2) is 14.7. The molecule has 5 aromatic carbocycles. The third kappa shape index (κ3) is 7.28. The van der Waals surface area contributed by atoms with E-state index in [2.05, 4.69) is 171 Å². The molecule has 0 aliphatic heterocycles. The maximum atomic E-state index is 2.58. The van der Waals surface area contributed by atoms with E-state index in [4.69, 9.17) is 0 Å². The molecule has 2 aliphatic rings. The summed E-state index contributed by atoms with van der Waals surface area (Å²) in [4.78, 5) is 0. The van der Waals surface area contributed by atoms with Gasteiger partial charge >= 0.3 is 296 Å². The molecule has 0 bridgehead atoms. The Balaban J connectivity index is 0.00000234. The van der Waals surface area contributed by atoms with Crippen LogP contribution in [0.25, 0.3) is 45.5 Å². The minimum absolute atomic E-state index is 0. The molecule has 7 rings (SSSR count). The average Bonchev–Trinajstić information content (AvgIpc) is 3.58. The zero-order chi connectivity index (χ0) is 33.0. The molecule has 2 aliphatic carbocycles. The fourth-order valence-corrected chi connectivity index (χ4v) is 12.7. The van der Waals surface area contributed by atoms with E-state index in [-0.39, 0.29) is 30.2 Å². The van der Waals surface area contributed by atoms with Gasteiger partial charge in [-0.15, -0.1) is 0 Å². The summed E-state index contributed by atoms with van der Waals surface area (Å²) in [7, 11) is 0. The Labute approximate surface area is 318 Å². The Morgan fingerprint density at radius 1 is 0.551 bits per heavy atom. The Kier molecular flexibility index (Phi) is 11.2. The van der Waals surface area contributed by atoms with Crippen LogP contribution in [0.3, 0.4) is 0 Å². The Morgan fingerprint density at radius 3 is 1.69 bits per heavy atom. The van der Waals surface area contributed by atoms with Crippen molar-refractivity contribution < 1.29 is 48.0 Å². The molecule has 3 heteroatoms. The molecular weight excluding hydrogens is 715 g/mol. The molecule has 0 saturated heterocycles. The van der Waals surface area contributed by atoms with Crippen molar-refractivity contribution in [1.29, 1.82) is 0 Å². The van der Waals surface area contributed by atoms with Gasteiger partial charge in [0.05, 0.1) is 0 Å². The Morgan fingerprint density at radius 2 is 1.10 bits per heavy atom. The van der Waals surface area contributed by atoms with Crippen LogP contribution in [0.4, 0.5) is 0 Å². The van der Waals surface area contributed by atoms with Gasteiger partial charge in [0.1, 0.15) is 0 Å². The molecule has 0 amide bonds. The van der Waals surface area contributed by atoms with Crippen LogP contribution in [0.2, 0.25) is 0 Å². The van der Waals surface area contributed by atoms with Gasteiger partial charge in [-0.3, -0.25) is 0 Å². The Bertz CT molecular complexity index is 2020. The normalized spacial score (nSPS) is 16.2. The van der Waals surface area contributed by atoms with Crippen LogP contribution in [-0.4, -0.2) is 0 Å². The van der Waals surface area contributed by atoms with Crippen molar-refractivity contribution in [2.24, 2.45) is 5.92 Å². The number of hydrogen-bond acceptors (Lipinski definition) is 0. The fraction of sp³-hybridized carbons (Fsp3) is 0.261. The van der Waals surface area contributed by atoms with Gasteiger partial charge in [0, 0.05) is 0 Å². The first kappa shape index (κ1) is 37.3. The van der Waals surface area contributed by atoms with E-state index in [1.54, 1.807) is 22.3 Å². The summed E-state index contributed by atoms with van der Waals surface area (Å²) in [5.74, 6) is 0.525. The molecule has 2 unspecified atom stereocenters. The first-order valence-corrected chi connectivity index (χ1v) is 20.0. The zero-order valence-electron chi connectivity index (χ0n) is 30.0. The standard InChI is InChI=1S/C24H21.C22H25.2ClH.Zr/c1-16-4-8-19(9-5-16)21-14-22-12-18(3)13-23(22)24(15-21)20-10-6-17(2)7-11-20;1-15(2)18-13-17-7-6-8-20(21(17)14-18)16-9-11-19(12-10-16)22(3,4)5;;;/h4-15H,1-3H3;6-15H,1-5H3;2*1H;/q;;;;+2/p-2. The summed E-state index contributed by atoms with van der Waals surface area (Å²) in [6.45, 7) is 18.4. The Hall–Kier alpha value is -2.96. The topological polar surface area (TPSA) is 0 Å². The van der Waals surface area contributed by atoms with Crippen LogP contribution in [0, 0.1) is 19.8 Å². The van der Waals surface area contributed by atoms with Gasteiger partial charge in [-0.1, -0.05) is 0 Å². The summed E-state index contributed by atoms with van der Waals surface area (Å²) < 4.78 is 1.10. The summed E-state index contributed by atoms with van der Waals surface area (Å²) in [5, 5.41) is 0. The van der Waals surface area contributed by atoms with E-state index in [0.29, 0.717) is 13.2 Å². The minimum Gasteiger partial charge on any atom is -1.00 e. The van der Waals surface area contributed by atoms with Gasteiger partial charge in [-0.25, -0.2) is 0 Å². The molecule has 2 atom stereocenters. The van der Waals surface area contributed by atoms with E-state index in [1.165, 1.54) is 61.2 Å². The molecule has 0 heterocycles. The third-order valence-corrected chi connectivity index (χ3v) is 15.4. The van der Waals surface area contributed by atoms with Crippen molar-refractivity contribution in [3.05, 3.63) is 153 Å². The second-order valence-electron chi connectivity index (χ2n) is 15.1. The molecule has 0 nitrogen and oxygen atoms in total. The van der Waals surface area contributed by atoms with Crippen LogP contribution in [-0.2, 0) is 28.6 Å². The molecule has 0 radical (unpaired) electrons. The molecule has 49 heavy (non-hydrogen) atoms. The van der Waals surface area contributed by atoms with Crippen molar-refractivity contribution in [3.8, 4) is 33.4 Å². The van der Waals surface area contributed by atoms with Crippen LogP contribution in [0.15, 0.2) is 114 Å². The van der Waals surface area contributed by atoms with Crippen LogP contribution in [0.5, 0.6) is 0 Å². The summed E-state index contributed by atoms with van der Waals surface area (Å²) in [5.41, 5.74) is 21.4. The SMILES string of the molecule is CC1=Cc2c(-c3ccc(C)cc3)cc(-c3ccc(C)cc3)cc2[CH]1[Zr+2][CH]1C(C(C)C)=Cc2c(-c3ccc(C(C)(C)C)cc3)cccc21.[Cl-].[Cl-]. The number of hydrogen-bond donors (Lipinski definition) is 0. The van der Waals surface area contributed by atoms with Crippen molar-refractivity contribution in [3.63, 3.8) is 0 Å². The molecule has 248 valence electrons. The molecule has 0 fully saturated rings. The van der Waals surface area contributed by atoms with Crippen molar-refractivity contribution >= 4 is 12.2 Å². The molecular formula is C46H46Cl2Zr. The first-order valence-electron chi connectivity index (χ1n) is 17.2. The molecule has 0 saturated carbocycles. The number of rotatable bonds is 6. The summed E-state index contributed by atoms with van der Waals surface area (Å²) >= 11 is -1.04. The van der Waals surface area contributed by atoms with Gasteiger partial charge < -0.3 is 24.8 Å². The van der Waals surface area contributed by atoms with E-state index in [0.717, 1.165) is 0 Å². The smallest absolute Gasteiger partial charge is 1.00 e. The predicted molar refractivity (Wildman–Crippen MR) is 199 cm³/mol. The third-order valence-electron chi connectivity index (χ3n) is 10.3. The first-order chi connectivity index (χ1) is 22.5. The number of fused-ring (bicyclic) bond motifs is 2. The molecule has 0 aromatic heterocycles. The number of benzene rings is 5. The molecule has 5 aromatic rings. The van der Waals surface area contributed by atoms with Gasteiger partial charge in [0.15, 0.2) is 0 Å². The van der Waals surface area contributed by atoms with E-state index in [1.807, 2.05) is 0 Å². The number of allylic oxidation sites excluding steroid dienone is 2. The second-order valence-corrected chi connectivity index (χ2v) is 18.8. The number of aryl methyl sites for hydroxylation is 2. The van der Waals surface area contributed by atoms with Crippen molar-refractivity contribution in [2.45, 2.75) is 68.1 Å². The van der Waals surface area contributed by atoms with Gasteiger partial charge in [0.25, 0.3) is 0 Å². The zero-order valence-corrected chi connectivity index (χ0v) is 33.9. The van der Waals surface area contributed by atoms with Crippen LogP contribution in [0.1, 0.15) is 87.7 Å². The molecule has 0 spiro atoms. The maximum Gasteiger partial charge on any atom is -1.00 e. The predicted octanol–water partition coefficient (Wildman–Crippen LogP) is 6.94. The van der Waals surface area contributed by atoms with Gasteiger partial charge in [0.2, 0.25) is 0 Å². The average molecular weight is 761 g/mol. The van der Waals surface area contributed by atoms with E-state index in [9.17, 15) is 0 Å². The van der Waals surface area contributed by atoms with Crippen LogP contribution < -0.4 is 24.8 Å². The summed E-state index contributed by atoms with van der Waals surface area (Å²) in [6.07, 6.45) is 5.10. The number of halogens is 2. The fourth-order valence-electron chi connectivity index (χ4n) is 7.42. The van der Waals surface area contributed by atoms with E-state index >= 15 is 0 Å². The van der Waals surface area contributed by atoms with Crippen LogP contribution >= 0.6 is 0 Å². The monoisotopic (exact) mass is 758 g/mol. The minimum atomic E-state index is -1.04.